The van der Waals surface area contributed by atoms with Crippen LogP contribution in [0.1, 0.15) is 15.9 Å². The summed E-state index contributed by atoms with van der Waals surface area (Å²) in [6, 6.07) is 5.00. The molecule has 0 heterocycles. The summed E-state index contributed by atoms with van der Waals surface area (Å²) in [5.74, 6) is -0.460. The Morgan fingerprint density at radius 3 is 2.67 bits per heavy atom. The second-order valence-corrected chi connectivity index (χ2v) is 3.27. The van der Waals surface area contributed by atoms with Crippen LogP contribution in [-0.4, -0.2) is 5.91 Å². The van der Waals surface area contributed by atoms with Gasteiger partial charge in [0.25, 0.3) is 0 Å². The molecule has 1 rings (SSSR count). The summed E-state index contributed by atoms with van der Waals surface area (Å²) in [6.07, 6.45) is 0. The van der Waals surface area contributed by atoms with Crippen molar-refractivity contribution in [3.05, 3.63) is 34.3 Å². The minimum atomic E-state index is -0.460. The number of alkyl halides is 1. The monoisotopic (exact) mass is 247 g/mol. The molecule has 0 unspecified atom stereocenters. The first-order valence-corrected chi connectivity index (χ1v) is 4.79. The smallest absolute Gasteiger partial charge is 0.248 e. The van der Waals surface area contributed by atoms with E-state index in [0.29, 0.717) is 15.9 Å². The minimum absolute atomic E-state index is 0.435. The molecule has 0 fully saturated rings. The molecule has 0 aliphatic rings. The van der Waals surface area contributed by atoms with Gasteiger partial charge in [0.15, 0.2) is 0 Å². The lowest BCUT2D eigenvalue weighted by atomic mass is 10.1. The molecule has 0 aliphatic carbocycles. The number of halogens is 2. The number of hydrogen-bond donors (Lipinski definition) is 1. The lowest BCUT2D eigenvalue weighted by Crippen LogP contribution is -2.10. The normalized spacial score (nSPS) is 9.83. The number of carbonyl (C=O) groups is 1. The van der Waals surface area contributed by atoms with Crippen LogP contribution in [0.4, 0.5) is 0 Å². The van der Waals surface area contributed by atoms with Gasteiger partial charge >= 0.3 is 0 Å². The van der Waals surface area contributed by atoms with E-state index in [-0.39, 0.29) is 0 Å². The Morgan fingerprint density at radius 2 is 2.25 bits per heavy atom. The van der Waals surface area contributed by atoms with E-state index in [1.54, 1.807) is 18.2 Å². The van der Waals surface area contributed by atoms with E-state index in [2.05, 4.69) is 15.9 Å². The highest BCUT2D eigenvalue weighted by atomic mass is 79.9. The third kappa shape index (κ3) is 1.99. The summed E-state index contributed by atoms with van der Waals surface area (Å²) in [5.41, 5.74) is 6.45. The summed E-state index contributed by atoms with van der Waals surface area (Å²) in [4.78, 5) is 10.7. The molecular weight excluding hydrogens is 241 g/mol. The molecule has 0 aromatic heterocycles. The van der Waals surface area contributed by atoms with Gasteiger partial charge < -0.3 is 5.73 Å². The Bertz CT molecular complexity index is 314. The highest BCUT2D eigenvalue weighted by Gasteiger charge is 2.03. The van der Waals surface area contributed by atoms with Crippen LogP contribution < -0.4 is 5.73 Å². The maximum absolute atomic E-state index is 10.7. The highest BCUT2D eigenvalue weighted by Crippen LogP contribution is 2.19. The van der Waals surface area contributed by atoms with Gasteiger partial charge in [-0.2, -0.15) is 0 Å². The largest absolute Gasteiger partial charge is 0.366 e. The predicted octanol–water partition coefficient (Wildman–Crippen LogP) is 2.33. The van der Waals surface area contributed by atoms with Crippen molar-refractivity contribution in [1.29, 1.82) is 0 Å². The first-order valence-electron chi connectivity index (χ1n) is 3.29. The second-order valence-electron chi connectivity index (χ2n) is 2.30. The molecule has 2 nitrogen and oxygen atoms in total. The zero-order valence-corrected chi connectivity index (χ0v) is 8.52. The van der Waals surface area contributed by atoms with Crippen molar-refractivity contribution in [3.8, 4) is 0 Å². The standard InChI is InChI=1S/C8H7BrClNO/c9-4-6-2-1-5(8(11)12)3-7(6)10/h1-3H,4H2,(H2,11,12). The molecule has 1 amide bonds. The van der Waals surface area contributed by atoms with Gasteiger partial charge in [-0.25, -0.2) is 0 Å². The molecule has 4 heteroatoms. The molecule has 1 aromatic carbocycles. The van der Waals surface area contributed by atoms with E-state index in [1.807, 2.05) is 0 Å². The summed E-state index contributed by atoms with van der Waals surface area (Å²) in [7, 11) is 0. The Labute approximate surface area is 83.8 Å². The average molecular weight is 249 g/mol. The van der Waals surface area contributed by atoms with E-state index in [1.165, 1.54) is 0 Å². The maximum atomic E-state index is 10.7. The van der Waals surface area contributed by atoms with Gasteiger partial charge in [0.05, 0.1) is 0 Å². The summed E-state index contributed by atoms with van der Waals surface area (Å²) in [5, 5.41) is 1.23. The van der Waals surface area contributed by atoms with E-state index < -0.39 is 5.91 Å². The highest BCUT2D eigenvalue weighted by molar-refractivity contribution is 9.08. The Morgan fingerprint density at radius 1 is 1.58 bits per heavy atom. The Kier molecular flexibility index (Phi) is 3.12. The fourth-order valence-corrected chi connectivity index (χ4v) is 1.71. The molecule has 12 heavy (non-hydrogen) atoms. The number of nitrogens with two attached hydrogens (primary N) is 1. The summed E-state index contributed by atoms with van der Waals surface area (Å²) >= 11 is 9.11. The van der Waals surface area contributed by atoms with Gasteiger partial charge in [-0.15, -0.1) is 0 Å². The van der Waals surface area contributed by atoms with E-state index in [0.717, 1.165) is 5.56 Å². The molecule has 1 aromatic rings. The van der Waals surface area contributed by atoms with Crippen LogP contribution in [0.3, 0.4) is 0 Å². The van der Waals surface area contributed by atoms with Gasteiger partial charge in [-0.1, -0.05) is 33.6 Å². The molecule has 2 N–H and O–H groups in total. The Hall–Kier alpha value is -0.540. The fourth-order valence-electron chi connectivity index (χ4n) is 0.809. The number of carbonyl (C=O) groups excluding carboxylic acids is 1. The van der Waals surface area contributed by atoms with Crippen molar-refractivity contribution in [1.82, 2.24) is 0 Å². The van der Waals surface area contributed by atoms with Gasteiger partial charge in [-0.3, -0.25) is 4.79 Å². The van der Waals surface area contributed by atoms with Crippen LogP contribution in [0.25, 0.3) is 0 Å². The van der Waals surface area contributed by atoms with Crippen molar-refractivity contribution in [2.45, 2.75) is 5.33 Å². The lowest BCUT2D eigenvalue weighted by Gasteiger charge is -2.00. The van der Waals surface area contributed by atoms with Crippen molar-refractivity contribution in [3.63, 3.8) is 0 Å². The number of amides is 1. The number of rotatable bonds is 2. The van der Waals surface area contributed by atoms with E-state index in [9.17, 15) is 4.79 Å². The van der Waals surface area contributed by atoms with Gasteiger partial charge in [0.1, 0.15) is 0 Å². The predicted molar refractivity (Wildman–Crippen MR) is 52.6 cm³/mol. The lowest BCUT2D eigenvalue weighted by molar-refractivity contribution is 0.100. The van der Waals surface area contributed by atoms with E-state index >= 15 is 0 Å². The SMILES string of the molecule is NC(=O)c1ccc(CBr)c(Cl)c1. The van der Waals surface area contributed by atoms with Gasteiger partial charge in [0.2, 0.25) is 5.91 Å². The zero-order chi connectivity index (χ0) is 9.14. The number of benzene rings is 1. The molecular formula is C8H7BrClNO. The van der Waals surface area contributed by atoms with Crippen molar-refractivity contribution >= 4 is 33.4 Å². The molecule has 64 valence electrons. The van der Waals surface area contributed by atoms with Crippen LogP contribution in [0.2, 0.25) is 5.02 Å². The molecule has 0 atom stereocenters. The van der Waals surface area contributed by atoms with Crippen LogP contribution in [0, 0.1) is 0 Å². The van der Waals surface area contributed by atoms with Crippen LogP contribution in [0.5, 0.6) is 0 Å². The van der Waals surface area contributed by atoms with E-state index in [4.69, 9.17) is 17.3 Å². The fraction of sp³-hybridized carbons (Fsp3) is 0.125. The third-order valence-corrected chi connectivity index (χ3v) is 2.44. The molecule has 0 aliphatic heterocycles. The topological polar surface area (TPSA) is 43.1 Å². The van der Waals surface area contributed by atoms with Gasteiger partial charge in [0, 0.05) is 15.9 Å². The summed E-state index contributed by atoms with van der Waals surface area (Å²) < 4.78 is 0. The van der Waals surface area contributed by atoms with Crippen LogP contribution in [0.15, 0.2) is 18.2 Å². The molecule has 0 saturated carbocycles. The van der Waals surface area contributed by atoms with Crippen molar-refractivity contribution < 1.29 is 4.79 Å². The molecule has 0 bridgehead atoms. The maximum Gasteiger partial charge on any atom is 0.248 e. The van der Waals surface area contributed by atoms with Crippen molar-refractivity contribution in [2.24, 2.45) is 5.73 Å². The number of primary amides is 1. The first kappa shape index (κ1) is 9.55. The quantitative estimate of drug-likeness (QED) is 0.802. The molecule has 0 radical (unpaired) electrons. The molecule has 0 spiro atoms. The van der Waals surface area contributed by atoms with Crippen LogP contribution in [-0.2, 0) is 5.33 Å². The molecule has 0 saturated heterocycles. The third-order valence-electron chi connectivity index (χ3n) is 1.48. The van der Waals surface area contributed by atoms with Crippen molar-refractivity contribution in [2.75, 3.05) is 0 Å². The minimum Gasteiger partial charge on any atom is -0.366 e. The Balaban J connectivity index is 3.10. The second kappa shape index (κ2) is 3.92. The summed E-state index contributed by atoms with van der Waals surface area (Å²) in [6.45, 7) is 0. The van der Waals surface area contributed by atoms with Gasteiger partial charge in [-0.05, 0) is 17.7 Å². The average Bonchev–Trinajstić information content (AvgIpc) is 2.04. The first-order chi connectivity index (χ1) is 5.65. The zero-order valence-electron chi connectivity index (χ0n) is 6.18. The number of hydrogen-bond acceptors (Lipinski definition) is 1. The van der Waals surface area contributed by atoms with Crippen LogP contribution >= 0.6 is 27.5 Å².